The second kappa shape index (κ2) is 8.48. The van der Waals surface area contributed by atoms with E-state index >= 15 is 0 Å². The molecule has 0 saturated carbocycles. The number of benzene rings is 1. The first-order valence-corrected chi connectivity index (χ1v) is 8.77. The van der Waals surface area contributed by atoms with Gasteiger partial charge in [0.05, 0.1) is 4.90 Å². The van der Waals surface area contributed by atoms with E-state index in [0.717, 1.165) is 18.5 Å². The van der Waals surface area contributed by atoms with Gasteiger partial charge in [-0.25, -0.2) is 13.1 Å². The Balaban J connectivity index is 2.73. The SMILES string of the molecule is CC(C)NCc1ccccc1S(=O)(=O)NCCCN(C)C. The summed E-state index contributed by atoms with van der Waals surface area (Å²) < 4.78 is 27.5. The third kappa shape index (κ3) is 6.56. The first-order chi connectivity index (χ1) is 9.83. The fourth-order valence-corrected chi connectivity index (χ4v) is 3.22. The molecule has 0 aliphatic heterocycles. The van der Waals surface area contributed by atoms with Crippen molar-refractivity contribution in [2.75, 3.05) is 27.2 Å². The van der Waals surface area contributed by atoms with Crippen molar-refractivity contribution in [3.8, 4) is 0 Å². The summed E-state index contributed by atoms with van der Waals surface area (Å²) in [5.74, 6) is 0. The zero-order valence-corrected chi connectivity index (χ0v) is 14.2. The molecule has 6 heteroatoms. The third-order valence-corrected chi connectivity index (χ3v) is 4.60. The molecule has 0 fully saturated rings. The second-order valence-corrected chi connectivity index (χ2v) is 7.43. The minimum atomic E-state index is -3.45. The Morgan fingerprint density at radius 3 is 2.48 bits per heavy atom. The van der Waals surface area contributed by atoms with E-state index in [0.29, 0.717) is 24.0 Å². The standard InChI is InChI=1S/C15H27N3O2S/c1-13(2)16-12-14-8-5-6-9-15(14)21(19,20)17-10-7-11-18(3)4/h5-6,8-9,13,16-17H,7,10-12H2,1-4H3. The topological polar surface area (TPSA) is 61.4 Å². The molecule has 2 N–H and O–H groups in total. The Kier molecular flexibility index (Phi) is 7.31. The summed E-state index contributed by atoms with van der Waals surface area (Å²) in [6.07, 6.45) is 0.790. The van der Waals surface area contributed by atoms with Gasteiger partial charge in [0.15, 0.2) is 0 Å². The van der Waals surface area contributed by atoms with Crippen LogP contribution >= 0.6 is 0 Å². The molecule has 0 unspecified atom stereocenters. The van der Waals surface area contributed by atoms with Crippen molar-refractivity contribution in [1.82, 2.24) is 14.9 Å². The summed E-state index contributed by atoms with van der Waals surface area (Å²) in [5.41, 5.74) is 0.798. The van der Waals surface area contributed by atoms with Crippen molar-refractivity contribution < 1.29 is 8.42 Å². The van der Waals surface area contributed by atoms with Crippen LogP contribution in [0.25, 0.3) is 0 Å². The molecule has 1 aromatic rings. The van der Waals surface area contributed by atoms with Gasteiger partial charge in [0, 0.05) is 19.1 Å². The summed E-state index contributed by atoms with van der Waals surface area (Å²) in [6, 6.07) is 7.44. The fourth-order valence-electron chi connectivity index (χ4n) is 1.91. The van der Waals surface area contributed by atoms with Crippen LogP contribution in [0.1, 0.15) is 25.8 Å². The molecule has 1 rings (SSSR count). The molecule has 0 aliphatic rings. The van der Waals surface area contributed by atoms with E-state index in [4.69, 9.17) is 0 Å². The molecule has 0 spiro atoms. The molecule has 0 aliphatic carbocycles. The van der Waals surface area contributed by atoms with Crippen LogP contribution in [0.15, 0.2) is 29.2 Å². The van der Waals surface area contributed by atoms with Crippen LogP contribution in [0.2, 0.25) is 0 Å². The maximum atomic E-state index is 12.4. The van der Waals surface area contributed by atoms with Crippen molar-refractivity contribution in [2.24, 2.45) is 0 Å². The number of nitrogens with zero attached hydrogens (tertiary/aromatic N) is 1. The van der Waals surface area contributed by atoms with Crippen molar-refractivity contribution in [2.45, 2.75) is 37.8 Å². The van der Waals surface area contributed by atoms with Gasteiger partial charge in [0.25, 0.3) is 0 Å². The Labute approximate surface area is 128 Å². The third-order valence-electron chi connectivity index (χ3n) is 3.04. The van der Waals surface area contributed by atoms with Gasteiger partial charge in [-0.3, -0.25) is 0 Å². The zero-order chi connectivity index (χ0) is 15.9. The fraction of sp³-hybridized carbons (Fsp3) is 0.600. The number of sulfonamides is 1. The van der Waals surface area contributed by atoms with Gasteiger partial charge in [0.1, 0.15) is 0 Å². The Bertz CT molecular complexity index is 527. The van der Waals surface area contributed by atoms with Gasteiger partial charge in [0.2, 0.25) is 10.0 Å². The van der Waals surface area contributed by atoms with Gasteiger partial charge in [-0.1, -0.05) is 32.0 Å². The van der Waals surface area contributed by atoms with Crippen LogP contribution in [0.4, 0.5) is 0 Å². The van der Waals surface area contributed by atoms with Gasteiger partial charge >= 0.3 is 0 Å². The molecule has 0 radical (unpaired) electrons. The van der Waals surface area contributed by atoms with Crippen molar-refractivity contribution >= 4 is 10.0 Å². The quantitative estimate of drug-likeness (QED) is 0.677. The van der Waals surface area contributed by atoms with Crippen molar-refractivity contribution in [1.29, 1.82) is 0 Å². The van der Waals surface area contributed by atoms with Gasteiger partial charge in [-0.2, -0.15) is 0 Å². The van der Waals surface area contributed by atoms with E-state index in [1.54, 1.807) is 12.1 Å². The summed E-state index contributed by atoms with van der Waals surface area (Å²) in [7, 11) is 0.502. The molecular weight excluding hydrogens is 286 g/mol. The molecule has 0 heterocycles. The van der Waals surface area contributed by atoms with E-state index in [1.165, 1.54) is 0 Å². The molecule has 120 valence electrons. The average molecular weight is 313 g/mol. The number of hydrogen-bond acceptors (Lipinski definition) is 4. The van der Waals surface area contributed by atoms with E-state index < -0.39 is 10.0 Å². The Hall–Kier alpha value is -0.950. The lowest BCUT2D eigenvalue weighted by molar-refractivity contribution is 0.400. The maximum Gasteiger partial charge on any atom is 0.240 e. The summed E-state index contributed by atoms with van der Waals surface area (Å²) >= 11 is 0. The van der Waals surface area contributed by atoms with Crippen molar-refractivity contribution in [3.05, 3.63) is 29.8 Å². The molecule has 0 amide bonds. The van der Waals surface area contributed by atoms with Crippen LogP contribution in [-0.2, 0) is 16.6 Å². The molecule has 1 aromatic carbocycles. The summed E-state index contributed by atoms with van der Waals surface area (Å²) in [4.78, 5) is 2.40. The highest BCUT2D eigenvalue weighted by atomic mass is 32.2. The Morgan fingerprint density at radius 2 is 1.86 bits per heavy atom. The van der Waals surface area contributed by atoms with E-state index in [2.05, 4.69) is 10.0 Å². The molecule has 21 heavy (non-hydrogen) atoms. The van der Waals surface area contributed by atoms with E-state index in [1.807, 2.05) is 45.0 Å². The van der Waals surface area contributed by atoms with Gasteiger partial charge in [-0.05, 0) is 38.7 Å². The number of nitrogens with one attached hydrogen (secondary N) is 2. The van der Waals surface area contributed by atoms with E-state index in [9.17, 15) is 8.42 Å². The minimum absolute atomic E-state index is 0.314. The molecule has 0 aromatic heterocycles. The average Bonchev–Trinajstić information content (AvgIpc) is 2.41. The lowest BCUT2D eigenvalue weighted by Gasteiger charge is -2.14. The number of rotatable bonds is 9. The maximum absolute atomic E-state index is 12.4. The van der Waals surface area contributed by atoms with Crippen LogP contribution in [-0.4, -0.2) is 46.5 Å². The lowest BCUT2D eigenvalue weighted by Crippen LogP contribution is -2.29. The Morgan fingerprint density at radius 1 is 1.19 bits per heavy atom. The predicted molar refractivity (Wildman–Crippen MR) is 86.8 cm³/mol. The smallest absolute Gasteiger partial charge is 0.240 e. The lowest BCUT2D eigenvalue weighted by atomic mass is 10.2. The number of hydrogen-bond donors (Lipinski definition) is 2. The predicted octanol–water partition coefficient (Wildman–Crippen LogP) is 1.41. The molecule has 5 nitrogen and oxygen atoms in total. The van der Waals surface area contributed by atoms with Crippen LogP contribution in [0.3, 0.4) is 0 Å². The highest BCUT2D eigenvalue weighted by molar-refractivity contribution is 7.89. The zero-order valence-electron chi connectivity index (χ0n) is 13.4. The largest absolute Gasteiger partial charge is 0.310 e. The van der Waals surface area contributed by atoms with Crippen LogP contribution in [0, 0.1) is 0 Å². The highest BCUT2D eigenvalue weighted by Crippen LogP contribution is 2.15. The monoisotopic (exact) mass is 313 g/mol. The van der Waals surface area contributed by atoms with Crippen LogP contribution < -0.4 is 10.0 Å². The second-order valence-electron chi connectivity index (χ2n) is 5.70. The van der Waals surface area contributed by atoms with Gasteiger partial charge < -0.3 is 10.2 Å². The first-order valence-electron chi connectivity index (χ1n) is 7.28. The normalized spacial score (nSPS) is 12.3. The minimum Gasteiger partial charge on any atom is -0.310 e. The molecule has 0 bridgehead atoms. The van der Waals surface area contributed by atoms with E-state index in [-0.39, 0.29) is 0 Å². The summed E-state index contributed by atoms with van der Waals surface area (Å²) in [6.45, 7) is 5.94. The van der Waals surface area contributed by atoms with Crippen molar-refractivity contribution in [3.63, 3.8) is 0 Å². The first kappa shape index (κ1) is 18.1. The van der Waals surface area contributed by atoms with Crippen LogP contribution in [0.5, 0.6) is 0 Å². The van der Waals surface area contributed by atoms with Gasteiger partial charge in [-0.15, -0.1) is 0 Å². The summed E-state index contributed by atoms with van der Waals surface area (Å²) in [5, 5.41) is 3.26. The molecule has 0 saturated heterocycles. The molecular formula is C15H27N3O2S. The molecule has 0 atom stereocenters. The highest BCUT2D eigenvalue weighted by Gasteiger charge is 2.17.